The van der Waals surface area contributed by atoms with Crippen LogP contribution >= 0.6 is 15.9 Å². The van der Waals surface area contributed by atoms with Gasteiger partial charge in [0.2, 0.25) is 0 Å². The predicted molar refractivity (Wildman–Crippen MR) is 53.1 cm³/mol. The number of aryl methyl sites for hydroxylation is 1. The van der Waals surface area contributed by atoms with E-state index in [9.17, 15) is 0 Å². The van der Waals surface area contributed by atoms with Gasteiger partial charge in [-0.15, -0.1) is 0 Å². The van der Waals surface area contributed by atoms with E-state index in [1.807, 2.05) is 36.0 Å². The smallest absolute Gasteiger partial charge is 0.157 e. The molecule has 0 aromatic carbocycles. The number of hydrogen-bond donors (Lipinski definition) is 0. The van der Waals surface area contributed by atoms with E-state index < -0.39 is 0 Å². The van der Waals surface area contributed by atoms with Gasteiger partial charge in [-0.2, -0.15) is 5.26 Å². The van der Waals surface area contributed by atoms with Gasteiger partial charge in [0.15, 0.2) is 5.69 Å². The van der Waals surface area contributed by atoms with Crippen molar-refractivity contribution in [3.05, 3.63) is 28.5 Å². The number of rotatable bonds is 0. The van der Waals surface area contributed by atoms with Gasteiger partial charge >= 0.3 is 0 Å². The molecule has 0 unspecified atom stereocenters. The molecule has 0 aliphatic carbocycles. The standard InChI is InChI=1S/C9H6BrN3/c1-13-3-2-6-4-7(10)8(5-11)12-9(6)13/h2-4H,1H3. The number of nitrogens with zero attached hydrogens (tertiary/aromatic N) is 3. The molecule has 0 bridgehead atoms. The van der Waals surface area contributed by atoms with Crippen LogP contribution in [0.25, 0.3) is 11.0 Å². The molecule has 13 heavy (non-hydrogen) atoms. The fourth-order valence-corrected chi connectivity index (χ4v) is 1.66. The highest BCUT2D eigenvalue weighted by Crippen LogP contribution is 2.21. The summed E-state index contributed by atoms with van der Waals surface area (Å²) in [5.41, 5.74) is 1.26. The molecular formula is C9H6BrN3. The van der Waals surface area contributed by atoms with Crippen molar-refractivity contribution in [1.29, 1.82) is 5.26 Å². The first-order valence-electron chi connectivity index (χ1n) is 3.74. The van der Waals surface area contributed by atoms with Gasteiger partial charge in [-0.3, -0.25) is 0 Å². The van der Waals surface area contributed by atoms with Crippen LogP contribution in [-0.2, 0) is 7.05 Å². The summed E-state index contributed by atoms with van der Waals surface area (Å²) < 4.78 is 2.64. The summed E-state index contributed by atoms with van der Waals surface area (Å²) in [6, 6.07) is 5.90. The summed E-state index contributed by atoms with van der Waals surface area (Å²) in [7, 11) is 1.91. The molecule has 2 aromatic rings. The minimum atomic E-state index is 0.425. The van der Waals surface area contributed by atoms with E-state index in [-0.39, 0.29) is 0 Å². The maximum Gasteiger partial charge on any atom is 0.157 e. The van der Waals surface area contributed by atoms with Crippen LogP contribution in [0.5, 0.6) is 0 Å². The highest BCUT2D eigenvalue weighted by atomic mass is 79.9. The van der Waals surface area contributed by atoms with Crippen LogP contribution in [-0.4, -0.2) is 9.55 Å². The number of aromatic nitrogens is 2. The van der Waals surface area contributed by atoms with Crippen LogP contribution in [0.1, 0.15) is 5.69 Å². The van der Waals surface area contributed by atoms with E-state index in [1.54, 1.807) is 0 Å². The van der Waals surface area contributed by atoms with E-state index >= 15 is 0 Å². The summed E-state index contributed by atoms with van der Waals surface area (Å²) >= 11 is 3.29. The molecule has 0 atom stereocenters. The van der Waals surface area contributed by atoms with Crippen molar-refractivity contribution in [3.8, 4) is 6.07 Å². The zero-order chi connectivity index (χ0) is 9.42. The third-order valence-corrected chi connectivity index (χ3v) is 2.51. The lowest BCUT2D eigenvalue weighted by molar-refractivity contribution is 0.946. The molecule has 0 aliphatic rings. The number of nitriles is 1. The Morgan fingerprint density at radius 3 is 3.08 bits per heavy atom. The van der Waals surface area contributed by atoms with Gasteiger partial charge in [-0.1, -0.05) is 0 Å². The van der Waals surface area contributed by atoms with Crippen molar-refractivity contribution in [1.82, 2.24) is 9.55 Å². The third kappa shape index (κ3) is 1.21. The minimum absolute atomic E-state index is 0.425. The van der Waals surface area contributed by atoms with E-state index in [2.05, 4.69) is 20.9 Å². The van der Waals surface area contributed by atoms with Crippen molar-refractivity contribution >= 4 is 27.0 Å². The van der Waals surface area contributed by atoms with Gasteiger partial charge in [0, 0.05) is 18.6 Å². The fraction of sp³-hybridized carbons (Fsp3) is 0.111. The molecule has 0 saturated heterocycles. The van der Waals surface area contributed by atoms with Crippen LogP contribution in [0.2, 0.25) is 0 Å². The normalized spacial score (nSPS) is 10.2. The molecule has 2 heterocycles. The first-order valence-corrected chi connectivity index (χ1v) is 4.53. The van der Waals surface area contributed by atoms with Gasteiger partial charge in [-0.05, 0) is 28.1 Å². The van der Waals surface area contributed by atoms with Gasteiger partial charge in [0.05, 0.1) is 4.47 Å². The van der Waals surface area contributed by atoms with Crippen LogP contribution in [0, 0.1) is 11.3 Å². The Balaban J connectivity index is 2.86. The van der Waals surface area contributed by atoms with Gasteiger partial charge < -0.3 is 4.57 Å². The molecule has 0 amide bonds. The molecule has 4 heteroatoms. The molecule has 0 fully saturated rings. The molecule has 0 N–H and O–H groups in total. The van der Waals surface area contributed by atoms with Crippen molar-refractivity contribution in [2.45, 2.75) is 0 Å². The van der Waals surface area contributed by atoms with E-state index in [1.165, 1.54) is 0 Å². The molecule has 0 radical (unpaired) electrons. The number of hydrogen-bond acceptors (Lipinski definition) is 2. The molecule has 3 nitrogen and oxygen atoms in total. The SMILES string of the molecule is Cn1ccc2cc(Br)c(C#N)nc21. The van der Waals surface area contributed by atoms with Crippen molar-refractivity contribution < 1.29 is 0 Å². The average molecular weight is 236 g/mol. The van der Waals surface area contributed by atoms with Crippen LogP contribution in [0.3, 0.4) is 0 Å². The average Bonchev–Trinajstić information content (AvgIpc) is 2.46. The second-order valence-corrected chi connectivity index (χ2v) is 3.62. The number of fused-ring (bicyclic) bond motifs is 1. The first-order chi connectivity index (χ1) is 6.22. The second kappa shape index (κ2) is 2.86. The Morgan fingerprint density at radius 1 is 1.62 bits per heavy atom. The number of pyridine rings is 1. The lowest BCUT2D eigenvalue weighted by Crippen LogP contribution is -1.91. The van der Waals surface area contributed by atoms with Crippen molar-refractivity contribution in [3.63, 3.8) is 0 Å². The molecule has 0 saturated carbocycles. The molecule has 0 spiro atoms. The third-order valence-electron chi connectivity index (χ3n) is 1.90. The summed E-state index contributed by atoms with van der Waals surface area (Å²) in [5, 5.41) is 9.79. The highest BCUT2D eigenvalue weighted by Gasteiger charge is 2.05. The Hall–Kier alpha value is -1.34. The van der Waals surface area contributed by atoms with Gasteiger partial charge in [0.1, 0.15) is 11.7 Å². The topological polar surface area (TPSA) is 41.6 Å². The summed E-state index contributed by atoms with van der Waals surface area (Å²) in [4.78, 5) is 4.21. The van der Waals surface area contributed by atoms with E-state index in [4.69, 9.17) is 5.26 Å². The lowest BCUT2D eigenvalue weighted by Gasteiger charge is -1.97. The molecule has 2 rings (SSSR count). The second-order valence-electron chi connectivity index (χ2n) is 2.77. The van der Waals surface area contributed by atoms with E-state index in [0.717, 1.165) is 15.5 Å². The lowest BCUT2D eigenvalue weighted by atomic mass is 10.3. The number of halogens is 1. The maximum atomic E-state index is 8.75. The predicted octanol–water partition coefficient (Wildman–Crippen LogP) is 2.21. The monoisotopic (exact) mass is 235 g/mol. The van der Waals surface area contributed by atoms with Crippen LogP contribution in [0.15, 0.2) is 22.8 Å². The Labute approximate surface area is 83.7 Å². The molecule has 64 valence electrons. The van der Waals surface area contributed by atoms with Crippen molar-refractivity contribution in [2.24, 2.45) is 7.05 Å². The maximum absolute atomic E-state index is 8.75. The first kappa shape index (κ1) is 8.27. The Bertz CT molecular complexity index is 507. The zero-order valence-corrected chi connectivity index (χ0v) is 8.54. The van der Waals surface area contributed by atoms with Gasteiger partial charge in [0.25, 0.3) is 0 Å². The summed E-state index contributed by atoms with van der Waals surface area (Å²) in [5.74, 6) is 0. The minimum Gasteiger partial charge on any atom is -0.336 e. The Morgan fingerprint density at radius 2 is 2.38 bits per heavy atom. The van der Waals surface area contributed by atoms with Crippen LogP contribution in [0.4, 0.5) is 0 Å². The van der Waals surface area contributed by atoms with Crippen LogP contribution < -0.4 is 0 Å². The molecule has 0 aliphatic heterocycles. The molecule has 2 aromatic heterocycles. The van der Waals surface area contributed by atoms with Crippen molar-refractivity contribution in [2.75, 3.05) is 0 Å². The Kier molecular flexibility index (Phi) is 1.82. The fourth-order valence-electron chi connectivity index (χ4n) is 1.24. The zero-order valence-electron chi connectivity index (χ0n) is 6.95. The quantitative estimate of drug-likeness (QED) is 0.703. The highest BCUT2D eigenvalue weighted by molar-refractivity contribution is 9.10. The molecular weight excluding hydrogens is 230 g/mol. The van der Waals surface area contributed by atoms with Gasteiger partial charge in [-0.25, -0.2) is 4.98 Å². The largest absolute Gasteiger partial charge is 0.336 e. The summed E-state index contributed by atoms with van der Waals surface area (Å²) in [6.45, 7) is 0. The summed E-state index contributed by atoms with van der Waals surface area (Å²) in [6.07, 6.45) is 1.92. The van der Waals surface area contributed by atoms with E-state index in [0.29, 0.717) is 5.69 Å².